The molecule has 0 radical (unpaired) electrons. The van der Waals surface area contributed by atoms with Crippen LogP contribution in [0.25, 0.3) is 0 Å². The lowest BCUT2D eigenvalue weighted by molar-refractivity contribution is 0.0438. The highest BCUT2D eigenvalue weighted by atomic mass is 16.5. The predicted molar refractivity (Wildman–Crippen MR) is 74.7 cm³/mol. The minimum absolute atomic E-state index is 0.153. The van der Waals surface area contributed by atoms with Crippen molar-refractivity contribution in [3.63, 3.8) is 0 Å². The van der Waals surface area contributed by atoms with Gasteiger partial charge in [0.25, 0.3) is 0 Å². The van der Waals surface area contributed by atoms with Crippen LogP contribution in [0.3, 0.4) is 0 Å². The molecule has 0 aromatic carbocycles. The van der Waals surface area contributed by atoms with Crippen molar-refractivity contribution in [2.24, 2.45) is 5.73 Å². The second-order valence-electron chi connectivity index (χ2n) is 6.27. The molecule has 4 heteroatoms. The van der Waals surface area contributed by atoms with Gasteiger partial charge in [0.05, 0.1) is 6.10 Å². The number of piperazine rings is 1. The Hall–Kier alpha value is -0.160. The largest absolute Gasteiger partial charge is 0.378 e. The molecule has 0 bridgehead atoms. The zero-order chi connectivity index (χ0) is 13.0. The molecule has 1 atom stereocenters. The summed E-state index contributed by atoms with van der Waals surface area (Å²) in [5.41, 5.74) is 5.99. The summed E-state index contributed by atoms with van der Waals surface area (Å²) in [5.74, 6) is 0. The molecule has 4 nitrogen and oxygen atoms in total. The molecule has 0 aliphatic carbocycles. The van der Waals surface area contributed by atoms with Crippen LogP contribution in [-0.2, 0) is 4.74 Å². The highest BCUT2D eigenvalue weighted by Gasteiger charge is 2.28. The fraction of sp³-hybridized carbons (Fsp3) is 1.00. The van der Waals surface area contributed by atoms with Gasteiger partial charge in [-0.2, -0.15) is 0 Å². The maximum Gasteiger partial charge on any atom is 0.0588 e. The summed E-state index contributed by atoms with van der Waals surface area (Å²) in [4.78, 5) is 5.10. The first kappa shape index (κ1) is 14.3. The zero-order valence-electron chi connectivity index (χ0n) is 12.0. The Bertz CT molecular complexity index is 243. The van der Waals surface area contributed by atoms with E-state index in [4.69, 9.17) is 10.5 Å². The first-order valence-corrected chi connectivity index (χ1v) is 7.41. The Morgan fingerprint density at radius 2 is 1.94 bits per heavy atom. The van der Waals surface area contributed by atoms with Crippen molar-refractivity contribution >= 4 is 0 Å². The fourth-order valence-electron chi connectivity index (χ4n) is 2.90. The monoisotopic (exact) mass is 255 g/mol. The minimum Gasteiger partial charge on any atom is -0.378 e. The number of ether oxygens (including phenoxy) is 1. The molecule has 1 unspecified atom stereocenters. The van der Waals surface area contributed by atoms with E-state index in [1.807, 2.05) is 0 Å². The molecule has 2 fully saturated rings. The first-order chi connectivity index (χ1) is 8.62. The van der Waals surface area contributed by atoms with Crippen molar-refractivity contribution < 1.29 is 4.74 Å². The molecule has 2 aliphatic heterocycles. The van der Waals surface area contributed by atoms with Gasteiger partial charge in [-0.25, -0.2) is 0 Å². The smallest absolute Gasteiger partial charge is 0.0588 e. The Balaban J connectivity index is 1.66. The maximum atomic E-state index is 5.84. The predicted octanol–water partition coefficient (Wildman–Crippen LogP) is 0.910. The molecule has 0 spiro atoms. The van der Waals surface area contributed by atoms with Crippen LogP contribution in [-0.4, -0.2) is 67.3 Å². The fourth-order valence-corrected chi connectivity index (χ4v) is 2.90. The van der Waals surface area contributed by atoms with Crippen molar-refractivity contribution in [2.75, 3.05) is 45.9 Å². The molecule has 0 aromatic heterocycles. The van der Waals surface area contributed by atoms with Gasteiger partial charge < -0.3 is 15.4 Å². The average Bonchev–Trinajstić information content (AvgIpc) is 2.90. The highest BCUT2D eigenvalue weighted by Crippen LogP contribution is 2.18. The summed E-state index contributed by atoms with van der Waals surface area (Å²) in [6.07, 6.45) is 4.26. The van der Waals surface area contributed by atoms with Crippen molar-refractivity contribution in [3.05, 3.63) is 0 Å². The van der Waals surface area contributed by atoms with Crippen molar-refractivity contribution in [1.29, 1.82) is 0 Å². The van der Waals surface area contributed by atoms with Gasteiger partial charge in [-0.05, 0) is 33.1 Å². The van der Waals surface area contributed by atoms with Gasteiger partial charge in [0.15, 0.2) is 0 Å². The van der Waals surface area contributed by atoms with E-state index in [0.717, 1.165) is 26.2 Å². The van der Waals surface area contributed by atoms with Crippen LogP contribution in [0, 0.1) is 0 Å². The zero-order valence-corrected chi connectivity index (χ0v) is 12.0. The van der Waals surface area contributed by atoms with Crippen LogP contribution in [0.1, 0.15) is 33.1 Å². The normalized spacial score (nSPS) is 27.8. The van der Waals surface area contributed by atoms with Crippen LogP contribution in [0.4, 0.5) is 0 Å². The molecule has 0 aromatic rings. The van der Waals surface area contributed by atoms with Crippen molar-refractivity contribution in [3.8, 4) is 0 Å². The lowest BCUT2D eigenvalue weighted by Gasteiger charge is -2.43. The molecule has 106 valence electrons. The first-order valence-electron chi connectivity index (χ1n) is 7.41. The van der Waals surface area contributed by atoms with Gasteiger partial charge in [-0.3, -0.25) is 4.90 Å². The van der Waals surface area contributed by atoms with Crippen molar-refractivity contribution in [1.82, 2.24) is 9.80 Å². The van der Waals surface area contributed by atoms with E-state index in [2.05, 4.69) is 23.6 Å². The van der Waals surface area contributed by atoms with Crippen LogP contribution < -0.4 is 5.73 Å². The molecule has 2 N–H and O–H groups in total. The molecule has 2 saturated heterocycles. The third-order valence-corrected chi connectivity index (χ3v) is 4.52. The summed E-state index contributed by atoms with van der Waals surface area (Å²) in [7, 11) is 0. The maximum absolute atomic E-state index is 5.84. The molecule has 0 amide bonds. The summed E-state index contributed by atoms with van der Waals surface area (Å²) < 4.78 is 5.68. The second-order valence-corrected chi connectivity index (χ2v) is 6.27. The van der Waals surface area contributed by atoms with Gasteiger partial charge >= 0.3 is 0 Å². The van der Waals surface area contributed by atoms with Crippen LogP contribution in [0.5, 0.6) is 0 Å². The quantitative estimate of drug-likeness (QED) is 0.793. The summed E-state index contributed by atoms with van der Waals surface area (Å²) in [6.45, 7) is 12.1. The van der Waals surface area contributed by atoms with E-state index in [0.29, 0.717) is 6.10 Å². The molecule has 2 heterocycles. The topological polar surface area (TPSA) is 41.7 Å². The van der Waals surface area contributed by atoms with Gasteiger partial charge in [0, 0.05) is 51.4 Å². The van der Waals surface area contributed by atoms with E-state index < -0.39 is 0 Å². The standard InChI is InChI=1S/C14H29N3O/c1-14(2,12-15)17-9-7-16(8-10-17)6-5-13-4-3-11-18-13/h13H,3-12,15H2,1-2H3. The third-order valence-electron chi connectivity index (χ3n) is 4.52. The molecule has 18 heavy (non-hydrogen) atoms. The number of hydrogen-bond donors (Lipinski definition) is 1. The summed E-state index contributed by atoms with van der Waals surface area (Å²) in [6, 6.07) is 0. The summed E-state index contributed by atoms with van der Waals surface area (Å²) in [5, 5.41) is 0. The molecular formula is C14H29N3O. The third kappa shape index (κ3) is 3.67. The second kappa shape index (κ2) is 6.33. The molecule has 0 saturated carbocycles. The molecule has 2 aliphatic rings. The van der Waals surface area contributed by atoms with Crippen LogP contribution in [0.15, 0.2) is 0 Å². The Kier molecular flexibility index (Phi) is 5.01. The summed E-state index contributed by atoms with van der Waals surface area (Å²) >= 11 is 0. The lowest BCUT2D eigenvalue weighted by Crippen LogP contribution is -2.57. The minimum atomic E-state index is 0.153. The van der Waals surface area contributed by atoms with Crippen LogP contribution >= 0.6 is 0 Å². The van der Waals surface area contributed by atoms with Crippen molar-refractivity contribution in [2.45, 2.75) is 44.8 Å². The SMILES string of the molecule is CC(C)(CN)N1CCN(CCC2CCCO2)CC1. The van der Waals surface area contributed by atoms with Gasteiger partial charge in [0.1, 0.15) is 0 Å². The van der Waals surface area contributed by atoms with E-state index in [1.54, 1.807) is 0 Å². The molecule has 2 rings (SSSR count). The Labute approximate surface area is 111 Å². The number of hydrogen-bond acceptors (Lipinski definition) is 4. The van der Waals surface area contributed by atoms with E-state index in [-0.39, 0.29) is 5.54 Å². The van der Waals surface area contributed by atoms with E-state index in [1.165, 1.54) is 38.9 Å². The Morgan fingerprint density at radius 1 is 1.22 bits per heavy atom. The van der Waals surface area contributed by atoms with Gasteiger partial charge in [-0.15, -0.1) is 0 Å². The Morgan fingerprint density at radius 3 is 2.50 bits per heavy atom. The average molecular weight is 255 g/mol. The highest BCUT2D eigenvalue weighted by molar-refractivity contribution is 4.86. The number of nitrogens with two attached hydrogens (primary N) is 1. The van der Waals surface area contributed by atoms with E-state index >= 15 is 0 Å². The van der Waals surface area contributed by atoms with Crippen LogP contribution in [0.2, 0.25) is 0 Å². The number of rotatable bonds is 5. The number of nitrogens with zero attached hydrogens (tertiary/aromatic N) is 2. The van der Waals surface area contributed by atoms with Gasteiger partial charge in [-0.1, -0.05) is 0 Å². The van der Waals surface area contributed by atoms with Gasteiger partial charge in [0.2, 0.25) is 0 Å². The van der Waals surface area contributed by atoms with E-state index in [9.17, 15) is 0 Å². The molecular weight excluding hydrogens is 226 g/mol. The lowest BCUT2D eigenvalue weighted by atomic mass is 10.0.